The van der Waals surface area contributed by atoms with Crippen LogP contribution in [0.15, 0.2) is 36.4 Å². The van der Waals surface area contributed by atoms with Crippen molar-refractivity contribution in [1.29, 1.82) is 0 Å². The molecular weight excluding hydrogens is 423 g/mol. The third-order valence-corrected chi connectivity index (χ3v) is 7.88. The first kappa shape index (κ1) is 25.0. The summed E-state index contributed by atoms with van der Waals surface area (Å²) < 4.78 is 18.8. The zero-order valence-electron chi connectivity index (χ0n) is 19.3. The lowest BCUT2D eigenvalue weighted by atomic mass is 10.0. The first-order valence-corrected chi connectivity index (χ1v) is 11.9. The zero-order chi connectivity index (χ0) is 24.4. The molecule has 0 atom stereocenters. The third kappa shape index (κ3) is 4.82. The van der Waals surface area contributed by atoms with Gasteiger partial charge in [0, 0.05) is 25.7 Å². The predicted molar refractivity (Wildman–Crippen MR) is 131 cm³/mol. The van der Waals surface area contributed by atoms with Gasteiger partial charge in [-0.15, -0.1) is 0 Å². The minimum atomic E-state index is -4.36. The van der Waals surface area contributed by atoms with Crippen LogP contribution in [-0.4, -0.2) is 23.2 Å². The smallest absolute Gasteiger partial charge is 0.347 e. The van der Waals surface area contributed by atoms with Gasteiger partial charge in [0.2, 0.25) is 18.2 Å². The fourth-order valence-electron chi connectivity index (χ4n) is 4.09. The van der Waals surface area contributed by atoms with Crippen LogP contribution >= 0.6 is 7.14 Å². The van der Waals surface area contributed by atoms with Crippen molar-refractivity contribution in [3.05, 3.63) is 80.9 Å². The molecule has 2 rings (SSSR count). The SMILES string of the molecule is C#COC(=O)C(=C)CP(=O)(C(=O)c1c(C)cc(C)cc1C)C(=O)c1c(C)cc(C)cc1C.[HH].[HH]. The molecular formula is C26H31O5P. The highest BCUT2D eigenvalue weighted by atomic mass is 31.2. The number of hydrogen-bond donors (Lipinski definition) is 0. The highest BCUT2D eigenvalue weighted by molar-refractivity contribution is 7.95. The van der Waals surface area contributed by atoms with Crippen LogP contribution in [0.25, 0.3) is 0 Å². The van der Waals surface area contributed by atoms with Gasteiger partial charge in [0.05, 0.1) is 0 Å². The highest BCUT2D eigenvalue weighted by Crippen LogP contribution is 2.54. The van der Waals surface area contributed by atoms with Crippen LogP contribution in [0.4, 0.5) is 0 Å². The number of carbonyl (C=O) groups excluding carboxylic acids is 3. The van der Waals surface area contributed by atoms with E-state index < -0.39 is 30.3 Å². The summed E-state index contributed by atoms with van der Waals surface area (Å²) in [6, 6.07) is 7.16. The molecule has 170 valence electrons. The quantitative estimate of drug-likeness (QED) is 0.220. The molecule has 0 saturated heterocycles. The summed E-state index contributed by atoms with van der Waals surface area (Å²) in [6.45, 7) is 14.3. The largest absolute Gasteiger partial charge is 0.369 e. The maximum atomic E-state index is 14.3. The molecule has 0 fully saturated rings. The van der Waals surface area contributed by atoms with E-state index >= 15 is 0 Å². The Balaban J connectivity index is 0.00000544. The predicted octanol–water partition coefficient (Wildman–Crippen LogP) is 6.06. The number of carbonyl (C=O) groups is 3. The van der Waals surface area contributed by atoms with Gasteiger partial charge in [-0.05, 0) is 63.8 Å². The lowest BCUT2D eigenvalue weighted by molar-refractivity contribution is -0.132. The number of aryl methyl sites for hydroxylation is 6. The van der Waals surface area contributed by atoms with E-state index in [4.69, 9.17) is 6.42 Å². The van der Waals surface area contributed by atoms with Crippen LogP contribution in [0, 0.1) is 54.1 Å². The molecule has 0 bridgehead atoms. The van der Waals surface area contributed by atoms with Gasteiger partial charge < -0.3 is 9.30 Å². The molecule has 32 heavy (non-hydrogen) atoms. The molecule has 0 heterocycles. The molecule has 0 aliphatic carbocycles. The molecule has 0 saturated carbocycles. The second-order valence-corrected chi connectivity index (χ2v) is 10.8. The van der Waals surface area contributed by atoms with Crippen molar-refractivity contribution in [3.8, 4) is 12.5 Å². The molecule has 0 aliphatic rings. The van der Waals surface area contributed by atoms with Crippen LogP contribution in [0.2, 0.25) is 0 Å². The molecule has 6 heteroatoms. The van der Waals surface area contributed by atoms with Crippen LogP contribution in [-0.2, 0) is 14.1 Å². The number of hydrogen-bond acceptors (Lipinski definition) is 5. The molecule has 5 nitrogen and oxygen atoms in total. The van der Waals surface area contributed by atoms with E-state index in [0.29, 0.717) is 22.3 Å². The Labute approximate surface area is 192 Å². The number of terminal acetylenes is 1. The number of esters is 1. The first-order valence-electron chi connectivity index (χ1n) is 10.0. The van der Waals surface area contributed by atoms with Crippen molar-refractivity contribution in [1.82, 2.24) is 0 Å². The summed E-state index contributed by atoms with van der Waals surface area (Å²) in [5.41, 5.74) is 2.83. The van der Waals surface area contributed by atoms with Crippen LogP contribution in [0.3, 0.4) is 0 Å². The lowest BCUT2D eigenvalue weighted by Gasteiger charge is -2.21. The maximum Gasteiger partial charge on any atom is 0.347 e. The van der Waals surface area contributed by atoms with E-state index in [0.717, 1.165) is 11.1 Å². The van der Waals surface area contributed by atoms with Crippen LogP contribution < -0.4 is 0 Å². The molecule has 0 radical (unpaired) electrons. The van der Waals surface area contributed by atoms with Crippen LogP contribution in [0.5, 0.6) is 0 Å². The van der Waals surface area contributed by atoms with E-state index in [9.17, 15) is 18.9 Å². The summed E-state index contributed by atoms with van der Waals surface area (Å²) in [5, 5.41) is 0. The van der Waals surface area contributed by atoms with E-state index in [1.807, 2.05) is 13.8 Å². The number of ether oxygens (including phenoxy) is 1. The van der Waals surface area contributed by atoms with Gasteiger partial charge in [0.1, 0.15) is 6.11 Å². The van der Waals surface area contributed by atoms with Crippen molar-refractivity contribution < 1.29 is 26.5 Å². The zero-order valence-corrected chi connectivity index (χ0v) is 20.2. The molecule has 0 spiro atoms. The Bertz CT molecular complexity index is 1130. The standard InChI is InChI=1S/C26H27O5P.2H2/c1-9-31-24(27)21(8)14-32(30,25(28)22-17(4)10-15(2)11-18(22)5)26(29)23-19(6)12-16(3)13-20(23)7;;/h1,10-13H,8,14H2,2-7H3;2*1H. The minimum Gasteiger partial charge on any atom is -0.369 e. The molecule has 2 aromatic rings. The second-order valence-electron chi connectivity index (χ2n) is 8.17. The molecule has 0 amide bonds. The van der Waals surface area contributed by atoms with Gasteiger partial charge in [0.15, 0.2) is 0 Å². The molecule has 0 N–H and O–H groups in total. The highest BCUT2D eigenvalue weighted by Gasteiger charge is 2.44. The fraction of sp³-hybridized carbons (Fsp3) is 0.269. The van der Waals surface area contributed by atoms with Crippen molar-refractivity contribution in [2.75, 3.05) is 6.16 Å². The summed E-state index contributed by atoms with van der Waals surface area (Å²) >= 11 is 0. The van der Waals surface area contributed by atoms with E-state index in [1.165, 1.54) is 0 Å². The van der Waals surface area contributed by atoms with Crippen molar-refractivity contribution in [2.45, 2.75) is 41.5 Å². The van der Waals surface area contributed by atoms with Crippen LogP contribution in [0.1, 0.15) is 56.9 Å². The van der Waals surface area contributed by atoms with Crippen molar-refractivity contribution >= 4 is 24.2 Å². The van der Waals surface area contributed by atoms with Gasteiger partial charge in [-0.2, -0.15) is 0 Å². The molecule has 0 aliphatic heterocycles. The van der Waals surface area contributed by atoms with Gasteiger partial charge in [0.25, 0.3) is 0 Å². The number of benzene rings is 2. The maximum absolute atomic E-state index is 14.3. The van der Waals surface area contributed by atoms with E-state index in [-0.39, 0.29) is 19.6 Å². The molecule has 0 unspecified atom stereocenters. The molecule has 2 aromatic carbocycles. The monoisotopic (exact) mass is 454 g/mol. The Morgan fingerprint density at radius 2 is 1.22 bits per heavy atom. The molecule has 0 aromatic heterocycles. The van der Waals surface area contributed by atoms with Crippen molar-refractivity contribution in [3.63, 3.8) is 0 Å². The van der Waals surface area contributed by atoms with Gasteiger partial charge >= 0.3 is 5.97 Å². The van der Waals surface area contributed by atoms with E-state index in [2.05, 4.69) is 11.3 Å². The normalized spacial score (nSPS) is 10.9. The first-order chi connectivity index (χ1) is 14.8. The van der Waals surface area contributed by atoms with Gasteiger partial charge in [-0.3, -0.25) is 9.59 Å². The topological polar surface area (TPSA) is 77.5 Å². The summed E-state index contributed by atoms with van der Waals surface area (Å²) in [4.78, 5) is 39.5. The Morgan fingerprint density at radius 3 is 1.53 bits per heavy atom. The Morgan fingerprint density at radius 1 is 0.875 bits per heavy atom. The fourth-order valence-corrected chi connectivity index (χ4v) is 6.66. The number of rotatable bonds is 7. The summed E-state index contributed by atoms with van der Waals surface area (Å²) in [5.74, 6) is -0.997. The minimum absolute atomic E-state index is 0. The van der Waals surface area contributed by atoms with E-state index in [1.54, 1.807) is 58.1 Å². The van der Waals surface area contributed by atoms with Crippen molar-refractivity contribution in [2.24, 2.45) is 0 Å². The Kier molecular flexibility index (Phi) is 7.44. The average Bonchev–Trinajstić information content (AvgIpc) is 2.66. The Hall–Kier alpha value is -3.22. The lowest BCUT2D eigenvalue weighted by Crippen LogP contribution is -2.20. The third-order valence-electron chi connectivity index (χ3n) is 5.29. The average molecular weight is 455 g/mol. The summed E-state index contributed by atoms with van der Waals surface area (Å²) in [7, 11) is -4.36. The van der Waals surface area contributed by atoms with Gasteiger partial charge in [-0.25, -0.2) is 4.79 Å². The van der Waals surface area contributed by atoms with Gasteiger partial charge in [-0.1, -0.05) is 48.4 Å². The second kappa shape index (κ2) is 9.51. The summed E-state index contributed by atoms with van der Waals surface area (Å²) in [6.07, 6.45) is 6.09.